The summed E-state index contributed by atoms with van der Waals surface area (Å²) in [5.74, 6) is 0.264. The molecule has 20 heavy (non-hydrogen) atoms. The maximum absolute atomic E-state index is 12.5. The molecular formula is C16H27NO3. The molecule has 114 valence electrons. The molecule has 0 spiro atoms. The molecule has 0 radical (unpaired) electrons. The number of carbonyl (C=O) groups is 2. The molecule has 0 aromatic rings. The molecule has 2 rings (SSSR count). The van der Waals surface area contributed by atoms with E-state index in [2.05, 4.69) is 6.92 Å². The fraction of sp³-hybridized carbons (Fsp3) is 0.875. The fourth-order valence-electron chi connectivity index (χ4n) is 3.77. The van der Waals surface area contributed by atoms with E-state index in [0.717, 1.165) is 25.2 Å². The van der Waals surface area contributed by atoms with Crippen molar-refractivity contribution >= 4 is 11.9 Å². The predicted molar refractivity (Wildman–Crippen MR) is 77.3 cm³/mol. The fourth-order valence-corrected chi connectivity index (χ4v) is 3.77. The summed E-state index contributed by atoms with van der Waals surface area (Å²) in [6.07, 6.45) is 6.93. The van der Waals surface area contributed by atoms with Crippen LogP contribution < -0.4 is 0 Å². The SMILES string of the molecule is CC1CCCC(CC(=O)N2CC(C(=O)O)CCC2C)C1. The van der Waals surface area contributed by atoms with Gasteiger partial charge < -0.3 is 10.0 Å². The van der Waals surface area contributed by atoms with Gasteiger partial charge in [0.1, 0.15) is 0 Å². The highest BCUT2D eigenvalue weighted by atomic mass is 16.4. The summed E-state index contributed by atoms with van der Waals surface area (Å²) >= 11 is 0. The monoisotopic (exact) mass is 281 g/mol. The quantitative estimate of drug-likeness (QED) is 0.865. The number of piperidine rings is 1. The Morgan fingerprint density at radius 3 is 2.55 bits per heavy atom. The van der Waals surface area contributed by atoms with Gasteiger partial charge in [-0.2, -0.15) is 0 Å². The Bertz CT molecular complexity index is 369. The van der Waals surface area contributed by atoms with Gasteiger partial charge in [0.15, 0.2) is 0 Å². The summed E-state index contributed by atoms with van der Waals surface area (Å²) in [5, 5.41) is 9.14. The van der Waals surface area contributed by atoms with Crippen LogP contribution in [0.1, 0.15) is 58.8 Å². The van der Waals surface area contributed by atoms with Gasteiger partial charge in [-0.15, -0.1) is 0 Å². The number of aliphatic carboxylic acids is 1. The first-order valence-electron chi connectivity index (χ1n) is 7.99. The molecule has 1 aliphatic carbocycles. The van der Waals surface area contributed by atoms with E-state index in [1.807, 2.05) is 11.8 Å². The van der Waals surface area contributed by atoms with Gasteiger partial charge in [0.05, 0.1) is 5.92 Å². The molecule has 2 aliphatic rings. The van der Waals surface area contributed by atoms with Crippen LogP contribution in [0.15, 0.2) is 0 Å². The van der Waals surface area contributed by atoms with Gasteiger partial charge in [0.25, 0.3) is 0 Å². The second kappa shape index (κ2) is 6.59. The van der Waals surface area contributed by atoms with Crippen molar-refractivity contribution in [2.24, 2.45) is 17.8 Å². The molecule has 0 bridgehead atoms. The first-order valence-corrected chi connectivity index (χ1v) is 7.99. The number of amides is 1. The third-order valence-electron chi connectivity index (χ3n) is 5.06. The summed E-state index contributed by atoms with van der Waals surface area (Å²) in [6.45, 7) is 4.71. The third kappa shape index (κ3) is 3.74. The van der Waals surface area contributed by atoms with Crippen molar-refractivity contribution in [1.29, 1.82) is 0 Å². The van der Waals surface area contributed by atoms with E-state index in [-0.39, 0.29) is 17.9 Å². The van der Waals surface area contributed by atoms with Gasteiger partial charge in [0, 0.05) is 19.0 Å². The Kier molecular flexibility index (Phi) is 5.06. The van der Waals surface area contributed by atoms with Gasteiger partial charge in [0.2, 0.25) is 5.91 Å². The zero-order valence-corrected chi connectivity index (χ0v) is 12.7. The smallest absolute Gasteiger partial charge is 0.308 e. The van der Waals surface area contributed by atoms with Gasteiger partial charge in [-0.3, -0.25) is 9.59 Å². The van der Waals surface area contributed by atoms with E-state index in [4.69, 9.17) is 5.11 Å². The minimum absolute atomic E-state index is 0.169. The van der Waals surface area contributed by atoms with Crippen LogP contribution in [-0.4, -0.2) is 34.5 Å². The summed E-state index contributed by atoms with van der Waals surface area (Å²) in [5.41, 5.74) is 0. The summed E-state index contributed by atoms with van der Waals surface area (Å²) in [7, 11) is 0. The minimum atomic E-state index is -0.763. The highest BCUT2D eigenvalue weighted by molar-refractivity contribution is 5.78. The Balaban J connectivity index is 1.91. The van der Waals surface area contributed by atoms with Crippen LogP contribution in [0.5, 0.6) is 0 Å². The standard InChI is InChI=1S/C16H27NO3/c1-11-4-3-5-13(8-11)9-15(18)17-10-14(16(19)20)7-6-12(17)2/h11-14H,3-10H2,1-2H3,(H,19,20). The molecule has 1 saturated heterocycles. The molecule has 1 aliphatic heterocycles. The van der Waals surface area contributed by atoms with Gasteiger partial charge in [-0.25, -0.2) is 0 Å². The normalized spacial score (nSPS) is 34.8. The first kappa shape index (κ1) is 15.3. The van der Waals surface area contributed by atoms with E-state index in [9.17, 15) is 9.59 Å². The molecule has 1 N–H and O–H groups in total. The van der Waals surface area contributed by atoms with Crippen molar-refractivity contribution in [3.63, 3.8) is 0 Å². The van der Waals surface area contributed by atoms with Crippen LogP contribution >= 0.6 is 0 Å². The Morgan fingerprint density at radius 1 is 1.15 bits per heavy atom. The molecule has 2 fully saturated rings. The van der Waals surface area contributed by atoms with E-state index >= 15 is 0 Å². The lowest BCUT2D eigenvalue weighted by molar-refractivity contribution is -0.147. The lowest BCUT2D eigenvalue weighted by atomic mass is 9.80. The highest BCUT2D eigenvalue weighted by Gasteiger charge is 2.33. The number of carbonyl (C=O) groups excluding carboxylic acids is 1. The molecule has 1 saturated carbocycles. The summed E-state index contributed by atoms with van der Waals surface area (Å²) < 4.78 is 0. The maximum Gasteiger partial charge on any atom is 0.308 e. The van der Waals surface area contributed by atoms with Crippen molar-refractivity contribution in [2.45, 2.75) is 64.8 Å². The molecule has 1 heterocycles. The first-order chi connectivity index (χ1) is 9.47. The van der Waals surface area contributed by atoms with Crippen LogP contribution in [0.2, 0.25) is 0 Å². The largest absolute Gasteiger partial charge is 0.481 e. The Labute approximate surface area is 121 Å². The van der Waals surface area contributed by atoms with E-state index in [0.29, 0.717) is 25.3 Å². The van der Waals surface area contributed by atoms with Gasteiger partial charge in [-0.05, 0) is 44.4 Å². The molecule has 4 atom stereocenters. The second-order valence-electron chi connectivity index (χ2n) is 6.85. The van der Waals surface area contributed by atoms with E-state index in [1.165, 1.54) is 12.8 Å². The maximum atomic E-state index is 12.5. The predicted octanol–water partition coefficient (Wildman–Crippen LogP) is 2.91. The molecule has 4 unspecified atom stereocenters. The van der Waals surface area contributed by atoms with Crippen molar-refractivity contribution in [3.8, 4) is 0 Å². The van der Waals surface area contributed by atoms with Crippen molar-refractivity contribution in [3.05, 3.63) is 0 Å². The zero-order chi connectivity index (χ0) is 14.7. The highest BCUT2D eigenvalue weighted by Crippen LogP contribution is 2.32. The van der Waals surface area contributed by atoms with E-state index in [1.54, 1.807) is 0 Å². The lowest BCUT2D eigenvalue weighted by Gasteiger charge is -2.38. The Hall–Kier alpha value is -1.06. The number of carboxylic acid groups (broad SMARTS) is 1. The summed E-state index contributed by atoms with van der Waals surface area (Å²) in [6, 6.07) is 0.194. The average molecular weight is 281 g/mol. The molecule has 4 heteroatoms. The number of carboxylic acids is 1. The molecule has 0 aromatic carbocycles. The number of rotatable bonds is 3. The van der Waals surface area contributed by atoms with Crippen LogP contribution in [0.25, 0.3) is 0 Å². The van der Waals surface area contributed by atoms with Crippen molar-refractivity contribution in [1.82, 2.24) is 4.90 Å². The molecular weight excluding hydrogens is 254 g/mol. The second-order valence-corrected chi connectivity index (χ2v) is 6.85. The minimum Gasteiger partial charge on any atom is -0.481 e. The van der Waals surface area contributed by atoms with Crippen molar-refractivity contribution < 1.29 is 14.7 Å². The number of likely N-dealkylation sites (tertiary alicyclic amines) is 1. The van der Waals surface area contributed by atoms with Crippen molar-refractivity contribution in [2.75, 3.05) is 6.54 Å². The number of hydrogen-bond acceptors (Lipinski definition) is 2. The van der Waals surface area contributed by atoms with Crippen LogP contribution in [0, 0.1) is 17.8 Å². The summed E-state index contributed by atoms with van der Waals surface area (Å²) in [4.78, 5) is 25.4. The molecule has 4 nitrogen and oxygen atoms in total. The van der Waals surface area contributed by atoms with Crippen LogP contribution in [0.3, 0.4) is 0 Å². The van der Waals surface area contributed by atoms with Crippen LogP contribution in [0.4, 0.5) is 0 Å². The van der Waals surface area contributed by atoms with E-state index < -0.39 is 5.97 Å². The Morgan fingerprint density at radius 2 is 1.90 bits per heavy atom. The molecule has 0 aromatic heterocycles. The lowest BCUT2D eigenvalue weighted by Crippen LogP contribution is -2.47. The van der Waals surface area contributed by atoms with Crippen LogP contribution in [-0.2, 0) is 9.59 Å². The number of hydrogen-bond donors (Lipinski definition) is 1. The zero-order valence-electron chi connectivity index (χ0n) is 12.7. The average Bonchev–Trinajstić information content (AvgIpc) is 2.38. The van der Waals surface area contributed by atoms with Gasteiger partial charge >= 0.3 is 5.97 Å². The van der Waals surface area contributed by atoms with Gasteiger partial charge in [-0.1, -0.05) is 19.8 Å². The topological polar surface area (TPSA) is 57.6 Å². The molecule has 1 amide bonds. The third-order valence-corrected chi connectivity index (χ3v) is 5.06. The number of nitrogens with zero attached hydrogens (tertiary/aromatic N) is 1.